The van der Waals surface area contributed by atoms with E-state index in [4.69, 9.17) is 4.74 Å². The number of carbonyl (C=O) groups excluding carboxylic acids is 2. The van der Waals surface area contributed by atoms with Crippen LogP contribution in [0.2, 0.25) is 0 Å². The summed E-state index contributed by atoms with van der Waals surface area (Å²) < 4.78 is 32.6. The number of nitrogens with one attached hydrogen (secondary N) is 3. The van der Waals surface area contributed by atoms with Gasteiger partial charge in [-0.1, -0.05) is 12.1 Å². The first kappa shape index (κ1) is 21.1. The SMILES string of the molecule is C[C@H](NC(=O)OC(C)(C)C)C(=O)Nc1ccc(F)cc1Nc1ccccc1F. The molecule has 0 saturated heterocycles. The average Bonchev–Trinajstić information content (AvgIpc) is 2.57. The van der Waals surface area contributed by atoms with Gasteiger partial charge in [-0.05, 0) is 58.0 Å². The molecule has 0 aliphatic rings. The summed E-state index contributed by atoms with van der Waals surface area (Å²) in [5.74, 6) is -1.63. The van der Waals surface area contributed by atoms with Gasteiger partial charge in [0, 0.05) is 0 Å². The van der Waals surface area contributed by atoms with Gasteiger partial charge in [-0.3, -0.25) is 4.79 Å². The maximum absolute atomic E-state index is 13.9. The highest BCUT2D eigenvalue weighted by Crippen LogP contribution is 2.28. The smallest absolute Gasteiger partial charge is 0.408 e. The Morgan fingerprint density at radius 1 is 1.00 bits per heavy atom. The highest BCUT2D eigenvalue weighted by atomic mass is 19.1. The molecule has 3 N–H and O–H groups in total. The van der Waals surface area contributed by atoms with Gasteiger partial charge in [0.25, 0.3) is 0 Å². The van der Waals surface area contributed by atoms with E-state index in [-0.39, 0.29) is 17.1 Å². The van der Waals surface area contributed by atoms with E-state index in [0.29, 0.717) is 0 Å². The first-order chi connectivity index (χ1) is 13.0. The van der Waals surface area contributed by atoms with Gasteiger partial charge in [0.15, 0.2) is 0 Å². The molecule has 0 saturated carbocycles. The molecule has 0 fully saturated rings. The Labute approximate surface area is 162 Å². The fourth-order valence-electron chi connectivity index (χ4n) is 2.23. The largest absolute Gasteiger partial charge is 0.444 e. The number of hydrogen-bond acceptors (Lipinski definition) is 4. The molecule has 2 aromatic carbocycles. The van der Waals surface area contributed by atoms with Crippen LogP contribution in [0.1, 0.15) is 27.7 Å². The van der Waals surface area contributed by atoms with Crippen LogP contribution in [-0.2, 0) is 9.53 Å². The van der Waals surface area contributed by atoms with Crippen molar-refractivity contribution in [3.63, 3.8) is 0 Å². The van der Waals surface area contributed by atoms with Crippen molar-refractivity contribution in [3.8, 4) is 0 Å². The second kappa shape index (κ2) is 8.69. The van der Waals surface area contributed by atoms with Crippen molar-refractivity contribution in [1.29, 1.82) is 0 Å². The molecule has 2 rings (SSSR count). The number of hydrogen-bond donors (Lipinski definition) is 3. The van der Waals surface area contributed by atoms with Crippen LogP contribution in [-0.4, -0.2) is 23.6 Å². The molecule has 1 atom stereocenters. The van der Waals surface area contributed by atoms with Gasteiger partial charge in [0.05, 0.1) is 17.1 Å². The Morgan fingerprint density at radius 3 is 2.32 bits per heavy atom. The lowest BCUT2D eigenvalue weighted by molar-refractivity contribution is -0.117. The number of amides is 2. The number of carbonyl (C=O) groups is 2. The first-order valence-corrected chi connectivity index (χ1v) is 8.66. The van der Waals surface area contributed by atoms with Gasteiger partial charge in [-0.25, -0.2) is 13.6 Å². The van der Waals surface area contributed by atoms with E-state index in [2.05, 4.69) is 16.0 Å². The van der Waals surface area contributed by atoms with Crippen LogP contribution in [0.5, 0.6) is 0 Å². The molecule has 8 heteroatoms. The van der Waals surface area contributed by atoms with E-state index in [9.17, 15) is 18.4 Å². The quantitative estimate of drug-likeness (QED) is 0.698. The molecule has 150 valence electrons. The van der Waals surface area contributed by atoms with E-state index in [0.717, 1.165) is 12.1 Å². The Kier molecular flexibility index (Phi) is 6.56. The highest BCUT2D eigenvalue weighted by Gasteiger charge is 2.21. The van der Waals surface area contributed by atoms with Crippen molar-refractivity contribution in [3.05, 3.63) is 54.1 Å². The fourth-order valence-corrected chi connectivity index (χ4v) is 2.23. The highest BCUT2D eigenvalue weighted by molar-refractivity contribution is 5.99. The monoisotopic (exact) mass is 391 g/mol. The predicted octanol–water partition coefficient (Wildman–Crippen LogP) is 4.56. The zero-order valence-electron chi connectivity index (χ0n) is 16.1. The fraction of sp³-hybridized carbons (Fsp3) is 0.300. The number of halogens is 2. The van der Waals surface area contributed by atoms with Crippen LogP contribution < -0.4 is 16.0 Å². The van der Waals surface area contributed by atoms with Crippen molar-refractivity contribution in [2.45, 2.75) is 39.3 Å². The van der Waals surface area contributed by atoms with Crippen molar-refractivity contribution >= 4 is 29.1 Å². The minimum absolute atomic E-state index is 0.128. The lowest BCUT2D eigenvalue weighted by Crippen LogP contribution is -2.44. The Morgan fingerprint density at radius 2 is 1.68 bits per heavy atom. The second-order valence-electron chi connectivity index (χ2n) is 7.15. The van der Waals surface area contributed by atoms with Crippen molar-refractivity contribution in [2.24, 2.45) is 0 Å². The third-order valence-electron chi connectivity index (χ3n) is 3.51. The molecule has 28 heavy (non-hydrogen) atoms. The first-order valence-electron chi connectivity index (χ1n) is 8.66. The summed E-state index contributed by atoms with van der Waals surface area (Å²) in [6.45, 7) is 6.59. The Balaban J connectivity index is 2.12. The Bertz CT molecular complexity index is 866. The molecule has 0 spiro atoms. The normalized spacial score (nSPS) is 12.1. The summed E-state index contributed by atoms with van der Waals surface area (Å²) in [4.78, 5) is 24.2. The predicted molar refractivity (Wildman–Crippen MR) is 104 cm³/mol. The summed E-state index contributed by atoms with van der Waals surface area (Å²) in [7, 11) is 0. The van der Waals surface area contributed by atoms with Crippen LogP contribution in [0.4, 0.5) is 30.6 Å². The number of para-hydroxylation sites is 1. The zero-order valence-corrected chi connectivity index (χ0v) is 16.1. The van der Waals surface area contributed by atoms with Crippen molar-refractivity contribution in [1.82, 2.24) is 5.32 Å². The van der Waals surface area contributed by atoms with Gasteiger partial charge in [-0.2, -0.15) is 0 Å². The lowest BCUT2D eigenvalue weighted by Gasteiger charge is -2.22. The van der Waals surface area contributed by atoms with E-state index in [1.54, 1.807) is 26.8 Å². The minimum atomic E-state index is -0.916. The molecule has 0 heterocycles. The summed E-state index contributed by atoms with van der Waals surface area (Å²) in [6, 6.07) is 8.61. The van der Waals surface area contributed by atoms with E-state index < -0.39 is 35.3 Å². The van der Waals surface area contributed by atoms with Gasteiger partial charge in [0.1, 0.15) is 23.3 Å². The topological polar surface area (TPSA) is 79.5 Å². The molecule has 0 unspecified atom stereocenters. The van der Waals surface area contributed by atoms with Crippen LogP contribution in [0, 0.1) is 11.6 Å². The third-order valence-corrected chi connectivity index (χ3v) is 3.51. The van der Waals surface area contributed by atoms with Crippen LogP contribution in [0.25, 0.3) is 0 Å². The van der Waals surface area contributed by atoms with E-state index >= 15 is 0 Å². The minimum Gasteiger partial charge on any atom is -0.444 e. The Hall–Kier alpha value is -3.16. The van der Waals surface area contributed by atoms with E-state index in [1.807, 2.05) is 0 Å². The summed E-state index contributed by atoms with van der Waals surface area (Å²) in [5, 5.41) is 7.76. The van der Waals surface area contributed by atoms with Gasteiger partial charge in [-0.15, -0.1) is 0 Å². The molecule has 0 aromatic heterocycles. The average molecular weight is 391 g/mol. The zero-order chi connectivity index (χ0) is 20.9. The van der Waals surface area contributed by atoms with Crippen molar-refractivity contribution < 1.29 is 23.1 Å². The molecular formula is C20H23F2N3O3. The van der Waals surface area contributed by atoms with Crippen LogP contribution >= 0.6 is 0 Å². The van der Waals surface area contributed by atoms with Gasteiger partial charge < -0.3 is 20.7 Å². The maximum atomic E-state index is 13.9. The molecule has 6 nitrogen and oxygen atoms in total. The maximum Gasteiger partial charge on any atom is 0.408 e. The molecule has 0 bridgehead atoms. The summed E-state index contributed by atoms with van der Waals surface area (Å²) >= 11 is 0. The number of benzene rings is 2. The molecule has 0 radical (unpaired) electrons. The third kappa shape index (κ3) is 6.22. The lowest BCUT2D eigenvalue weighted by atomic mass is 10.2. The van der Waals surface area contributed by atoms with Crippen molar-refractivity contribution in [2.75, 3.05) is 10.6 Å². The molecule has 2 aromatic rings. The molecule has 2 amide bonds. The standard InChI is InChI=1S/C20H23F2N3O3/c1-12(23-19(27)28-20(2,3)4)18(26)25-16-10-9-13(21)11-17(16)24-15-8-6-5-7-14(15)22/h5-12,24H,1-4H3,(H,23,27)(H,25,26)/t12-/m0/s1. The van der Waals surface area contributed by atoms with Crippen LogP contribution in [0.15, 0.2) is 42.5 Å². The molecular weight excluding hydrogens is 368 g/mol. The number of anilines is 3. The summed E-state index contributed by atoms with van der Waals surface area (Å²) in [6.07, 6.45) is -0.737. The molecule has 0 aliphatic carbocycles. The van der Waals surface area contributed by atoms with E-state index in [1.165, 1.54) is 31.2 Å². The number of rotatable bonds is 5. The summed E-state index contributed by atoms with van der Waals surface area (Å²) in [5.41, 5.74) is -0.174. The van der Waals surface area contributed by atoms with Gasteiger partial charge >= 0.3 is 6.09 Å². The number of alkyl carbamates (subject to hydrolysis) is 1. The van der Waals surface area contributed by atoms with Gasteiger partial charge in [0.2, 0.25) is 5.91 Å². The molecule has 0 aliphatic heterocycles. The van der Waals surface area contributed by atoms with Crippen LogP contribution in [0.3, 0.4) is 0 Å². The number of ether oxygens (including phenoxy) is 1. The second-order valence-corrected chi connectivity index (χ2v) is 7.15.